The molecule has 0 aliphatic rings. The lowest BCUT2D eigenvalue weighted by molar-refractivity contribution is 0.393. The van der Waals surface area contributed by atoms with Crippen LogP contribution in [-0.4, -0.2) is 14.2 Å². The fraction of sp³-hybridized carbons (Fsp3) is 0.429. The van der Waals surface area contributed by atoms with Gasteiger partial charge in [0.2, 0.25) is 0 Å². The van der Waals surface area contributed by atoms with Crippen LogP contribution in [-0.2, 0) is 12.8 Å². The molecule has 1 heterocycles. The average molecular weight is 328 g/mol. The summed E-state index contributed by atoms with van der Waals surface area (Å²) in [6.07, 6.45) is 8.66. The summed E-state index contributed by atoms with van der Waals surface area (Å²) in [5.41, 5.74) is 1.23. The Morgan fingerprint density at radius 2 is 1.75 bits per heavy atom. The van der Waals surface area contributed by atoms with E-state index in [1.165, 1.54) is 5.56 Å². The zero-order valence-electron chi connectivity index (χ0n) is 15.2. The summed E-state index contributed by atoms with van der Waals surface area (Å²) >= 11 is 0. The first-order valence-corrected chi connectivity index (χ1v) is 8.54. The fourth-order valence-corrected chi connectivity index (χ4v) is 2.67. The fourth-order valence-electron chi connectivity index (χ4n) is 2.67. The molecule has 0 radical (unpaired) electrons. The van der Waals surface area contributed by atoms with Crippen molar-refractivity contribution in [2.24, 2.45) is 5.92 Å². The summed E-state index contributed by atoms with van der Waals surface area (Å²) in [5, 5.41) is 0. The second kappa shape index (κ2) is 9.21. The Hall–Kier alpha value is -2.16. The molecule has 0 bridgehead atoms. The van der Waals surface area contributed by atoms with Gasteiger partial charge in [-0.15, -0.1) is 0 Å². The van der Waals surface area contributed by atoms with Gasteiger partial charge in [-0.25, -0.2) is 0 Å². The van der Waals surface area contributed by atoms with Gasteiger partial charge < -0.3 is 13.9 Å². The van der Waals surface area contributed by atoms with Gasteiger partial charge in [0.25, 0.3) is 0 Å². The maximum atomic E-state index is 5.61. The first kappa shape index (κ1) is 18.2. The molecule has 3 heteroatoms. The Bertz CT molecular complexity index is 633. The van der Waals surface area contributed by atoms with Crippen LogP contribution in [0.4, 0.5) is 0 Å². The largest absolute Gasteiger partial charge is 0.497 e. The van der Waals surface area contributed by atoms with Crippen molar-refractivity contribution in [1.82, 2.24) is 0 Å². The standard InChI is InChI=1S/C21H28O3/c1-16(9-11-19-12-10-17(2)24-19)7-5-6-8-18-13-20(22-3)15-21(14-18)23-4/h5,7,10,12-16H,6,8-9,11H2,1-4H3/b7-5-. The molecule has 0 aliphatic heterocycles. The van der Waals surface area contributed by atoms with E-state index in [2.05, 4.69) is 37.3 Å². The Kier molecular flexibility index (Phi) is 6.98. The maximum Gasteiger partial charge on any atom is 0.122 e. The van der Waals surface area contributed by atoms with Crippen LogP contribution in [0.15, 0.2) is 46.9 Å². The van der Waals surface area contributed by atoms with E-state index in [0.717, 1.165) is 48.7 Å². The van der Waals surface area contributed by atoms with Crippen molar-refractivity contribution in [2.75, 3.05) is 14.2 Å². The van der Waals surface area contributed by atoms with Crippen LogP contribution in [0.5, 0.6) is 11.5 Å². The molecule has 0 saturated heterocycles. The molecule has 2 aromatic rings. The van der Waals surface area contributed by atoms with Gasteiger partial charge in [0.05, 0.1) is 14.2 Å². The number of furan rings is 1. The molecule has 0 aliphatic carbocycles. The van der Waals surface area contributed by atoms with Crippen molar-refractivity contribution < 1.29 is 13.9 Å². The summed E-state index contributed by atoms with van der Waals surface area (Å²) in [7, 11) is 3.36. The Labute approximate surface area is 145 Å². The first-order valence-electron chi connectivity index (χ1n) is 8.54. The van der Waals surface area contributed by atoms with E-state index >= 15 is 0 Å². The van der Waals surface area contributed by atoms with Crippen LogP contribution >= 0.6 is 0 Å². The summed E-state index contributed by atoms with van der Waals surface area (Å²) in [5.74, 6) is 4.30. The number of hydrogen-bond acceptors (Lipinski definition) is 3. The monoisotopic (exact) mass is 328 g/mol. The van der Waals surface area contributed by atoms with Crippen LogP contribution < -0.4 is 9.47 Å². The van der Waals surface area contributed by atoms with Gasteiger partial charge in [0.15, 0.2) is 0 Å². The molecule has 0 spiro atoms. The first-order chi connectivity index (χ1) is 11.6. The number of hydrogen-bond donors (Lipinski definition) is 0. The van der Waals surface area contributed by atoms with Crippen molar-refractivity contribution in [3.8, 4) is 11.5 Å². The maximum absolute atomic E-state index is 5.61. The number of methoxy groups -OCH3 is 2. The smallest absolute Gasteiger partial charge is 0.122 e. The van der Waals surface area contributed by atoms with Gasteiger partial charge in [-0.3, -0.25) is 0 Å². The summed E-state index contributed by atoms with van der Waals surface area (Å²) in [6.45, 7) is 4.24. The predicted octanol–water partition coefficient (Wildman–Crippen LogP) is 5.36. The normalized spacial score (nSPS) is 12.5. The number of benzene rings is 1. The van der Waals surface area contributed by atoms with Crippen molar-refractivity contribution in [3.63, 3.8) is 0 Å². The van der Waals surface area contributed by atoms with Gasteiger partial charge in [-0.2, -0.15) is 0 Å². The zero-order valence-corrected chi connectivity index (χ0v) is 15.2. The molecule has 0 amide bonds. The van der Waals surface area contributed by atoms with Crippen molar-refractivity contribution in [1.29, 1.82) is 0 Å². The third kappa shape index (κ3) is 5.80. The van der Waals surface area contributed by atoms with Crippen molar-refractivity contribution in [2.45, 2.75) is 39.5 Å². The molecule has 3 nitrogen and oxygen atoms in total. The lowest BCUT2D eigenvalue weighted by Crippen LogP contribution is -1.93. The number of ether oxygens (including phenoxy) is 2. The number of aryl methyl sites for hydroxylation is 3. The summed E-state index contributed by atoms with van der Waals surface area (Å²) in [6, 6.07) is 10.1. The minimum atomic E-state index is 0.551. The van der Waals surface area contributed by atoms with Crippen LogP contribution in [0.2, 0.25) is 0 Å². The van der Waals surface area contributed by atoms with Gasteiger partial charge in [-0.05, 0) is 61.9 Å². The summed E-state index contributed by atoms with van der Waals surface area (Å²) in [4.78, 5) is 0. The third-order valence-electron chi connectivity index (χ3n) is 4.12. The quantitative estimate of drug-likeness (QED) is 0.580. The molecule has 1 unspecified atom stereocenters. The van der Waals surface area contributed by atoms with Gasteiger partial charge in [0.1, 0.15) is 23.0 Å². The van der Waals surface area contributed by atoms with Gasteiger partial charge in [0, 0.05) is 12.5 Å². The van der Waals surface area contributed by atoms with Crippen molar-refractivity contribution >= 4 is 0 Å². The molecule has 1 aromatic heterocycles. The van der Waals surface area contributed by atoms with E-state index in [-0.39, 0.29) is 0 Å². The molecule has 1 aromatic carbocycles. The van der Waals surface area contributed by atoms with Crippen LogP contribution in [0.25, 0.3) is 0 Å². The predicted molar refractivity (Wildman–Crippen MR) is 97.9 cm³/mol. The summed E-state index contributed by atoms with van der Waals surface area (Å²) < 4.78 is 16.2. The molecule has 0 fully saturated rings. The van der Waals surface area contributed by atoms with E-state index in [4.69, 9.17) is 13.9 Å². The molecular formula is C21H28O3. The lowest BCUT2D eigenvalue weighted by atomic mass is 10.0. The topological polar surface area (TPSA) is 31.6 Å². The minimum absolute atomic E-state index is 0.551. The molecule has 130 valence electrons. The van der Waals surface area contributed by atoms with Crippen LogP contribution in [0.1, 0.15) is 36.8 Å². The highest BCUT2D eigenvalue weighted by Gasteiger charge is 2.03. The molecule has 24 heavy (non-hydrogen) atoms. The van der Waals surface area contributed by atoms with Crippen molar-refractivity contribution in [3.05, 3.63) is 59.6 Å². The zero-order chi connectivity index (χ0) is 17.4. The third-order valence-corrected chi connectivity index (χ3v) is 4.12. The highest BCUT2D eigenvalue weighted by atomic mass is 16.5. The highest BCUT2D eigenvalue weighted by molar-refractivity contribution is 5.38. The Balaban J connectivity index is 1.77. The van der Waals surface area contributed by atoms with Gasteiger partial charge >= 0.3 is 0 Å². The number of allylic oxidation sites excluding steroid dienone is 2. The Morgan fingerprint density at radius 1 is 1.04 bits per heavy atom. The lowest BCUT2D eigenvalue weighted by Gasteiger charge is -2.08. The van der Waals surface area contributed by atoms with Crippen LogP contribution in [0.3, 0.4) is 0 Å². The molecule has 0 saturated carbocycles. The van der Waals surface area contributed by atoms with Crippen LogP contribution in [0, 0.1) is 12.8 Å². The highest BCUT2D eigenvalue weighted by Crippen LogP contribution is 2.23. The van der Waals surface area contributed by atoms with E-state index in [0.29, 0.717) is 5.92 Å². The molecular weight excluding hydrogens is 300 g/mol. The molecule has 0 N–H and O–H groups in total. The Morgan fingerprint density at radius 3 is 2.33 bits per heavy atom. The minimum Gasteiger partial charge on any atom is -0.497 e. The number of rotatable bonds is 9. The SMILES string of the molecule is COc1cc(CC/C=C\C(C)CCc2ccc(C)o2)cc(OC)c1. The van der Waals surface area contributed by atoms with E-state index in [1.54, 1.807) is 14.2 Å². The van der Waals surface area contributed by atoms with E-state index in [1.807, 2.05) is 19.1 Å². The van der Waals surface area contributed by atoms with E-state index in [9.17, 15) is 0 Å². The second-order valence-electron chi connectivity index (χ2n) is 6.22. The molecule has 2 rings (SSSR count). The van der Waals surface area contributed by atoms with Gasteiger partial charge in [-0.1, -0.05) is 19.1 Å². The average Bonchev–Trinajstić information content (AvgIpc) is 3.02. The molecule has 1 atom stereocenters. The van der Waals surface area contributed by atoms with E-state index < -0.39 is 0 Å². The second-order valence-corrected chi connectivity index (χ2v) is 6.22.